The second-order valence-electron chi connectivity index (χ2n) is 8.03. The molecule has 1 saturated heterocycles. The lowest BCUT2D eigenvalue weighted by Crippen LogP contribution is -2.41. The number of ether oxygens (including phenoxy) is 1. The van der Waals surface area contributed by atoms with Gasteiger partial charge in [-0.25, -0.2) is 13.5 Å². The highest BCUT2D eigenvalue weighted by Gasteiger charge is 2.42. The molecule has 1 aliphatic rings. The first-order valence-electron chi connectivity index (χ1n) is 10.9. The third kappa shape index (κ3) is 4.58. The third-order valence-corrected chi connectivity index (χ3v) is 6.05. The van der Waals surface area contributed by atoms with Crippen molar-refractivity contribution >= 4 is 17.5 Å². The van der Waals surface area contributed by atoms with Crippen molar-refractivity contribution in [3.05, 3.63) is 76.6 Å². The fourth-order valence-electron chi connectivity index (χ4n) is 4.08. The van der Waals surface area contributed by atoms with Gasteiger partial charge in [-0.3, -0.25) is 4.79 Å². The molecular weight excluding hydrogens is 523 g/mol. The molecule has 0 atom stereocenters. The first kappa shape index (κ1) is 24.9. The Kier molecular flexibility index (Phi) is 6.46. The molecular formula is C24H16ClF5N4O3. The summed E-state index contributed by atoms with van der Waals surface area (Å²) in [4.78, 5) is 14.9. The number of aromatic nitrogens is 3. The summed E-state index contributed by atoms with van der Waals surface area (Å²) in [6.07, 6.45) is -4.18. The summed E-state index contributed by atoms with van der Waals surface area (Å²) in [6, 6.07) is 8.16. The minimum absolute atomic E-state index is 0.123. The summed E-state index contributed by atoms with van der Waals surface area (Å²) in [5.74, 6) is -2.96. The van der Waals surface area contributed by atoms with Crippen LogP contribution < -0.4 is 0 Å². The van der Waals surface area contributed by atoms with Gasteiger partial charge in [-0.05, 0) is 30.3 Å². The number of hydrogen-bond donors (Lipinski definition) is 0. The molecule has 1 fully saturated rings. The predicted molar refractivity (Wildman–Crippen MR) is 121 cm³/mol. The van der Waals surface area contributed by atoms with E-state index in [4.69, 9.17) is 20.9 Å². The van der Waals surface area contributed by atoms with E-state index in [0.29, 0.717) is 4.68 Å². The fourth-order valence-corrected chi connectivity index (χ4v) is 4.34. The highest BCUT2D eigenvalue weighted by molar-refractivity contribution is 6.33. The number of hydrogen-bond acceptors (Lipinski definition) is 5. The molecule has 13 heteroatoms. The van der Waals surface area contributed by atoms with Gasteiger partial charge >= 0.3 is 6.18 Å². The smallest absolute Gasteiger partial charge is 0.378 e. The first-order valence-corrected chi connectivity index (χ1v) is 11.3. The van der Waals surface area contributed by atoms with Crippen LogP contribution in [0.4, 0.5) is 22.0 Å². The van der Waals surface area contributed by atoms with Gasteiger partial charge in [0, 0.05) is 13.1 Å². The van der Waals surface area contributed by atoms with E-state index in [1.807, 2.05) is 0 Å². The van der Waals surface area contributed by atoms with Gasteiger partial charge < -0.3 is 14.2 Å². The van der Waals surface area contributed by atoms with Gasteiger partial charge in [0.15, 0.2) is 11.5 Å². The van der Waals surface area contributed by atoms with Crippen LogP contribution in [-0.2, 0) is 10.9 Å². The molecule has 0 N–H and O–H groups in total. The van der Waals surface area contributed by atoms with E-state index in [9.17, 15) is 26.7 Å². The lowest BCUT2D eigenvalue weighted by atomic mass is 10.0. The molecule has 0 bridgehead atoms. The van der Waals surface area contributed by atoms with Gasteiger partial charge in [-0.2, -0.15) is 18.3 Å². The topological polar surface area (TPSA) is 73.4 Å². The normalized spacial score (nSPS) is 14.3. The maximum Gasteiger partial charge on any atom is 0.434 e. The molecule has 0 radical (unpaired) electrons. The Morgan fingerprint density at radius 1 is 1.05 bits per heavy atom. The van der Waals surface area contributed by atoms with Gasteiger partial charge in [0.25, 0.3) is 5.91 Å². The lowest BCUT2D eigenvalue weighted by Gasteiger charge is -2.27. The van der Waals surface area contributed by atoms with Crippen molar-refractivity contribution in [2.45, 2.75) is 6.18 Å². The average molecular weight is 539 g/mol. The summed E-state index contributed by atoms with van der Waals surface area (Å²) in [7, 11) is 0. The largest absolute Gasteiger partial charge is 0.434 e. The molecule has 1 aliphatic heterocycles. The highest BCUT2D eigenvalue weighted by atomic mass is 35.5. The zero-order valence-electron chi connectivity index (χ0n) is 18.7. The van der Waals surface area contributed by atoms with E-state index in [1.54, 1.807) is 0 Å². The van der Waals surface area contributed by atoms with Crippen LogP contribution in [0.5, 0.6) is 0 Å². The second kappa shape index (κ2) is 9.60. The Balaban J connectivity index is 1.76. The van der Waals surface area contributed by atoms with Crippen molar-refractivity contribution in [1.82, 2.24) is 19.8 Å². The van der Waals surface area contributed by atoms with Crippen LogP contribution in [0.1, 0.15) is 16.1 Å². The van der Waals surface area contributed by atoms with Crippen LogP contribution in [0.3, 0.4) is 0 Å². The zero-order valence-corrected chi connectivity index (χ0v) is 19.5. The van der Waals surface area contributed by atoms with Crippen molar-refractivity contribution in [3.8, 4) is 28.3 Å². The maximum absolute atomic E-state index is 14.8. The molecule has 192 valence electrons. The van der Waals surface area contributed by atoms with Crippen LogP contribution in [0, 0.1) is 11.6 Å². The molecule has 1 amide bonds. The number of rotatable bonds is 4. The Morgan fingerprint density at radius 3 is 2.46 bits per heavy atom. The molecule has 3 heterocycles. The minimum Gasteiger partial charge on any atom is -0.378 e. The van der Waals surface area contributed by atoms with Crippen molar-refractivity contribution in [3.63, 3.8) is 0 Å². The fraction of sp³-hybridized carbons (Fsp3) is 0.208. The lowest BCUT2D eigenvalue weighted by molar-refractivity contribution is -0.142. The molecule has 0 spiro atoms. The van der Waals surface area contributed by atoms with Gasteiger partial charge in [0.05, 0.1) is 41.2 Å². The number of benzene rings is 2. The van der Waals surface area contributed by atoms with E-state index in [1.165, 1.54) is 29.2 Å². The Labute approximate surface area is 211 Å². The molecule has 5 rings (SSSR count). The summed E-state index contributed by atoms with van der Waals surface area (Å²) in [5, 5.41) is 7.45. The van der Waals surface area contributed by atoms with E-state index < -0.39 is 46.3 Å². The monoisotopic (exact) mass is 538 g/mol. The van der Waals surface area contributed by atoms with Crippen LogP contribution in [0.2, 0.25) is 5.02 Å². The number of halogens is 6. The highest BCUT2D eigenvalue weighted by Crippen LogP contribution is 2.43. The standard InChI is InChI=1S/C24H16ClF5N4O3/c25-16-5-2-6-17(27)18(16)20-19(23(35)33-7-9-36-10-8-33)21(37-32-20)15-12-31-34(22(15)24(28,29)30)14-4-1-3-13(26)11-14/h1-6,11-12H,7-10H2. The Morgan fingerprint density at radius 2 is 1.78 bits per heavy atom. The molecule has 0 unspecified atom stereocenters. The van der Waals surface area contributed by atoms with Crippen LogP contribution in [0.15, 0.2) is 53.2 Å². The maximum atomic E-state index is 14.8. The van der Waals surface area contributed by atoms with Gasteiger partial charge in [-0.15, -0.1) is 0 Å². The number of carbonyl (C=O) groups excluding carboxylic acids is 1. The van der Waals surface area contributed by atoms with Gasteiger partial charge in [0.2, 0.25) is 0 Å². The quantitative estimate of drug-likeness (QED) is 0.316. The van der Waals surface area contributed by atoms with Gasteiger partial charge in [0.1, 0.15) is 22.9 Å². The molecule has 2 aromatic heterocycles. The summed E-state index contributed by atoms with van der Waals surface area (Å²) in [6.45, 7) is 0.687. The van der Waals surface area contributed by atoms with Crippen molar-refractivity contribution < 1.29 is 36.0 Å². The number of morpholine rings is 1. The number of alkyl halides is 3. The minimum atomic E-state index is -5.01. The van der Waals surface area contributed by atoms with Crippen molar-refractivity contribution in [1.29, 1.82) is 0 Å². The third-order valence-electron chi connectivity index (χ3n) is 5.74. The summed E-state index contributed by atoms with van der Waals surface area (Å²) < 4.78 is 82.7. The predicted octanol–water partition coefficient (Wildman–Crippen LogP) is 5.62. The second-order valence-corrected chi connectivity index (χ2v) is 8.44. The zero-order chi connectivity index (χ0) is 26.3. The Bertz CT molecular complexity index is 1460. The number of carbonyl (C=O) groups is 1. The van der Waals surface area contributed by atoms with Crippen LogP contribution >= 0.6 is 11.6 Å². The van der Waals surface area contributed by atoms with E-state index in [0.717, 1.165) is 24.4 Å². The van der Waals surface area contributed by atoms with Gasteiger partial charge in [-0.1, -0.05) is 28.9 Å². The van der Waals surface area contributed by atoms with Crippen molar-refractivity contribution in [2.75, 3.05) is 26.3 Å². The summed E-state index contributed by atoms with van der Waals surface area (Å²) >= 11 is 6.19. The molecule has 7 nitrogen and oxygen atoms in total. The van der Waals surface area contributed by atoms with E-state index in [-0.39, 0.29) is 48.3 Å². The SMILES string of the molecule is O=C(c1c(-c2c(F)cccc2Cl)noc1-c1cnn(-c2cccc(F)c2)c1C(F)(F)F)N1CCOCC1. The number of amides is 1. The average Bonchev–Trinajstić information content (AvgIpc) is 3.49. The summed E-state index contributed by atoms with van der Waals surface area (Å²) in [5.41, 5.74) is -3.27. The van der Waals surface area contributed by atoms with Crippen LogP contribution in [0.25, 0.3) is 28.3 Å². The van der Waals surface area contributed by atoms with Crippen LogP contribution in [-0.4, -0.2) is 52.0 Å². The molecule has 4 aromatic rings. The van der Waals surface area contributed by atoms with E-state index >= 15 is 0 Å². The van der Waals surface area contributed by atoms with Crippen molar-refractivity contribution in [2.24, 2.45) is 0 Å². The molecule has 37 heavy (non-hydrogen) atoms. The molecule has 0 aliphatic carbocycles. The van der Waals surface area contributed by atoms with E-state index in [2.05, 4.69) is 10.3 Å². The number of nitrogens with zero attached hydrogens (tertiary/aromatic N) is 4. The molecule has 2 aromatic carbocycles. The first-order chi connectivity index (χ1) is 17.7. The molecule has 0 saturated carbocycles. The Hall–Kier alpha value is -3.77.